The summed E-state index contributed by atoms with van der Waals surface area (Å²) in [4.78, 5) is 29.0. The minimum absolute atomic E-state index is 0.0878. The smallest absolute Gasteiger partial charge is 0.303 e. The van der Waals surface area contributed by atoms with Crippen molar-refractivity contribution in [2.75, 3.05) is 0 Å². The van der Waals surface area contributed by atoms with Gasteiger partial charge in [-0.05, 0) is 74.7 Å². The summed E-state index contributed by atoms with van der Waals surface area (Å²) in [6.07, 6.45) is 0.841. The summed E-state index contributed by atoms with van der Waals surface area (Å²) in [5, 5.41) is 10.7. The predicted molar refractivity (Wildman–Crippen MR) is 158 cm³/mol. The normalized spacial score (nSPS) is 12.1. The standard InChI is InChI=1S/C30H30N6O5S/c1-5-6-12-26(41-25-18-13-20(2)19-21(25)3)29(37)35-42(39,40)24-16-14-22(15-17-24)32-33-27-28(31-4)34-36(30(27)38)23-10-8-7-9-11-23/h7-11,13-19,26,34H,5-6,12H2,1-3H3,(H,35,37). The van der Waals surface area contributed by atoms with Crippen molar-refractivity contribution in [2.24, 2.45) is 10.2 Å². The molecule has 1 atom stereocenters. The van der Waals surface area contributed by atoms with Crippen LogP contribution in [0.2, 0.25) is 0 Å². The fourth-order valence-corrected chi connectivity index (χ4v) is 5.13. The average Bonchev–Trinajstić information content (AvgIpc) is 3.30. The molecule has 0 spiro atoms. The van der Waals surface area contributed by atoms with Gasteiger partial charge in [0.2, 0.25) is 0 Å². The van der Waals surface area contributed by atoms with Crippen molar-refractivity contribution in [3.05, 3.63) is 106 Å². The number of aryl methyl sites for hydroxylation is 2. The Balaban J connectivity index is 1.50. The van der Waals surface area contributed by atoms with Crippen molar-refractivity contribution in [3.8, 4) is 11.4 Å². The van der Waals surface area contributed by atoms with Gasteiger partial charge in [0.05, 0.1) is 16.3 Å². The highest BCUT2D eigenvalue weighted by Gasteiger charge is 2.26. The van der Waals surface area contributed by atoms with Gasteiger partial charge in [-0.2, -0.15) is 14.9 Å². The summed E-state index contributed by atoms with van der Waals surface area (Å²) >= 11 is 0. The molecule has 1 amide bonds. The minimum Gasteiger partial charge on any atom is -0.480 e. The Morgan fingerprint density at radius 1 is 1.07 bits per heavy atom. The van der Waals surface area contributed by atoms with Gasteiger partial charge in [-0.1, -0.05) is 55.8 Å². The summed E-state index contributed by atoms with van der Waals surface area (Å²) in [6, 6.07) is 19.6. The fraction of sp³-hybridized carbons (Fsp3) is 0.233. The first-order valence-corrected chi connectivity index (χ1v) is 14.7. The lowest BCUT2D eigenvalue weighted by molar-refractivity contribution is -0.126. The number of aromatic nitrogens is 2. The SMILES string of the molecule is [C-]#[N+]c1[nH]n(-c2ccccc2)c(=O)c1N=Nc1ccc(S(=O)(=O)NC(=O)C(CCCC)Oc2ccc(C)cc2C)cc1. The van der Waals surface area contributed by atoms with E-state index in [0.717, 1.165) is 17.5 Å². The number of aromatic amines is 1. The molecule has 0 saturated heterocycles. The number of nitrogens with zero attached hydrogens (tertiary/aromatic N) is 4. The van der Waals surface area contributed by atoms with Crippen molar-refractivity contribution >= 4 is 33.1 Å². The van der Waals surface area contributed by atoms with E-state index in [4.69, 9.17) is 11.3 Å². The maximum Gasteiger partial charge on any atom is 0.303 e. The van der Waals surface area contributed by atoms with Gasteiger partial charge in [-0.3, -0.25) is 9.59 Å². The van der Waals surface area contributed by atoms with E-state index in [1.165, 1.54) is 28.9 Å². The number of nitrogens with one attached hydrogen (secondary N) is 2. The molecule has 12 heteroatoms. The Hall–Kier alpha value is -5.02. The number of azo groups is 1. The van der Waals surface area contributed by atoms with E-state index in [0.29, 0.717) is 24.3 Å². The van der Waals surface area contributed by atoms with Gasteiger partial charge in [0.15, 0.2) is 11.8 Å². The molecule has 216 valence electrons. The van der Waals surface area contributed by atoms with Crippen LogP contribution >= 0.6 is 0 Å². The van der Waals surface area contributed by atoms with Crippen molar-refractivity contribution in [1.82, 2.24) is 14.5 Å². The molecule has 4 aromatic rings. The number of carbonyl (C=O) groups excluding carboxylic acids is 1. The van der Waals surface area contributed by atoms with Crippen LogP contribution in [0.5, 0.6) is 5.75 Å². The molecule has 1 heterocycles. The maximum absolute atomic E-state index is 13.0. The Morgan fingerprint density at radius 2 is 1.79 bits per heavy atom. The molecule has 2 N–H and O–H groups in total. The molecule has 0 fully saturated rings. The molecule has 4 rings (SSSR count). The molecule has 1 aromatic heterocycles. The van der Waals surface area contributed by atoms with E-state index in [2.05, 4.69) is 24.9 Å². The molecular formula is C30H30N6O5S. The number of hydrogen-bond donors (Lipinski definition) is 2. The van der Waals surface area contributed by atoms with Crippen molar-refractivity contribution < 1.29 is 17.9 Å². The van der Waals surface area contributed by atoms with Crippen molar-refractivity contribution in [1.29, 1.82) is 0 Å². The van der Waals surface area contributed by atoms with E-state index in [1.54, 1.807) is 36.4 Å². The van der Waals surface area contributed by atoms with Crippen molar-refractivity contribution in [3.63, 3.8) is 0 Å². The molecule has 1 unspecified atom stereocenters. The summed E-state index contributed by atoms with van der Waals surface area (Å²) in [6.45, 7) is 13.2. The van der Waals surface area contributed by atoms with Crippen LogP contribution in [0.4, 0.5) is 17.2 Å². The summed E-state index contributed by atoms with van der Waals surface area (Å²) in [7, 11) is -4.22. The third kappa shape index (κ3) is 7.00. The molecule has 0 bridgehead atoms. The number of sulfonamides is 1. The topological polar surface area (TPSA) is 139 Å². The zero-order valence-electron chi connectivity index (χ0n) is 23.4. The lowest BCUT2D eigenvalue weighted by Gasteiger charge is -2.20. The second-order valence-corrected chi connectivity index (χ2v) is 11.3. The second-order valence-electron chi connectivity index (χ2n) is 9.58. The molecule has 0 saturated carbocycles. The number of benzene rings is 3. The van der Waals surface area contributed by atoms with Crippen LogP contribution in [0.25, 0.3) is 10.5 Å². The molecule has 0 aliphatic carbocycles. The monoisotopic (exact) mass is 586 g/mol. The number of carbonyl (C=O) groups is 1. The summed E-state index contributed by atoms with van der Waals surface area (Å²) in [5.74, 6) is -0.334. The molecule has 0 aliphatic heterocycles. The molecule has 11 nitrogen and oxygen atoms in total. The van der Waals surface area contributed by atoms with E-state index < -0.39 is 27.6 Å². The van der Waals surface area contributed by atoms with Crippen LogP contribution in [0.1, 0.15) is 37.3 Å². The average molecular weight is 587 g/mol. The Kier molecular flexibility index (Phi) is 9.34. The number of H-pyrrole nitrogens is 1. The van der Waals surface area contributed by atoms with Crippen LogP contribution in [-0.4, -0.2) is 30.2 Å². The fourth-order valence-electron chi connectivity index (χ4n) is 4.12. The highest BCUT2D eigenvalue weighted by atomic mass is 32.2. The van der Waals surface area contributed by atoms with Gasteiger partial charge in [-0.25, -0.2) is 18.2 Å². The zero-order valence-corrected chi connectivity index (χ0v) is 24.2. The van der Waals surface area contributed by atoms with Crippen molar-refractivity contribution in [2.45, 2.75) is 51.0 Å². The van der Waals surface area contributed by atoms with Gasteiger partial charge in [0, 0.05) is 0 Å². The molecule has 3 aromatic carbocycles. The molecule has 0 aliphatic rings. The highest BCUT2D eigenvalue weighted by Crippen LogP contribution is 2.26. The molecular weight excluding hydrogens is 556 g/mol. The van der Waals surface area contributed by atoms with Crippen LogP contribution in [-0.2, 0) is 14.8 Å². The molecule has 42 heavy (non-hydrogen) atoms. The zero-order chi connectivity index (χ0) is 30.3. The van der Waals surface area contributed by atoms with E-state index >= 15 is 0 Å². The van der Waals surface area contributed by atoms with Crippen LogP contribution in [0.3, 0.4) is 0 Å². The van der Waals surface area contributed by atoms with Gasteiger partial charge in [0.25, 0.3) is 21.7 Å². The number of ether oxygens (including phenoxy) is 1. The summed E-state index contributed by atoms with van der Waals surface area (Å²) < 4.78 is 35.3. The third-order valence-electron chi connectivity index (χ3n) is 6.33. The third-order valence-corrected chi connectivity index (χ3v) is 7.70. The van der Waals surface area contributed by atoms with Gasteiger partial charge < -0.3 is 9.58 Å². The molecule has 0 radical (unpaired) electrons. The largest absolute Gasteiger partial charge is 0.480 e. The quantitative estimate of drug-likeness (QED) is 0.159. The first-order valence-electron chi connectivity index (χ1n) is 13.2. The van der Waals surface area contributed by atoms with Gasteiger partial charge in [0.1, 0.15) is 5.75 Å². The Morgan fingerprint density at radius 3 is 2.43 bits per heavy atom. The van der Waals surface area contributed by atoms with Gasteiger partial charge >= 0.3 is 5.56 Å². The number of unbranched alkanes of at least 4 members (excludes halogenated alkanes) is 1. The lowest BCUT2D eigenvalue weighted by atomic mass is 10.1. The number of para-hydroxylation sites is 1. The van der Waals surface area contributed by atoms with Crippen LogP contribution < -0.4 is 15.0 Å². The predicted octanol–water partition coefficient (Wildman–Crippen LogP) is 6.19. The van der Waals surface area contributed by atoms with E-state index in [-0.39, 0.29) is 22.1 Å². The minimum atomic E-state index is -4.22. The second kappa shape index (κ2) is 13.1. The Bertz CT molecular complexity index is 1800. The first kappa shape index (κ1) is 30.0. The Labute approximate surface area is 243 Å². The van der Waals surface area contributed by atoms with Crippen LogP contribution in [0.15, 0.2) is 92.7 Å². The maximum atomic E-state index is 13.0. The van der Waals surface area contributed by atoms with Gasteiger partial charge in [-0.15, -0.1) is 0 Å². The number of amides is 1. The number of hydrogen-bond acceptors (Lipinski definition) is 7. The van der Waals surface area contributed by atoms with Crippen LogP contribution in [0, 0.1) is 20.4 Å². The first-order chi connectivity index (χ1) is 20.1. The number of rotatable bonds is 11. The summed E-state index contributed by atoms with van der Waals surface area (Å²) in [5.41, 5.74) is 1.92. The van der Waals surface area contributed by atoms with E-state index in [1.807, 2.05) is 32.9 Å². The highest BCUT2D eigenvalue weighted by molar-refractivity contribution is 7.90. The van der Waals surface area contributed by atoms with E-state index in [9.17, 15) is 18.0 Å². The lowest BCUT2D eigenvalue weighted by Crippen LogP contribution is -2.41.